The van der Waals surface area contributed by atoms with Crippen LogP contribution in [0, 0.1) is 13.8 Å². The normalized spacial score (nSPS) is 11.0. The van der Waals surface area contributed by atoms with E-state index in [4.69, 9.17) is 0 Å². The SMILES string of the molecule is Cc1ccc(N(c2ccccc2)c2ccc(-c3ccc(-c4ccc(N(c5ccccc5)c5ccc(N(c6ccccc6)c6ccc(-c7ccc(C)s7)cc6)cc5)cc4)s3)cc2)cc1. The molecule has 0 aliphatic heterocycles. The molecule has 0 saturated heterocycles. The molecule has 5 heteroatoms. The monoisotopic (exact) mass is 847 g/mol. The van der Waals surface area contributed by atoms with Crippen LogP contribution in [0.4, 0.5) is 51.2 Å². The van der Waals surface area contributed by atoms with Crippen LogP contribution >= 0.6 is 22.7 Å². The first-order valence-corrected chi connectivity index (χ1v) is 22.9. The van der Waals surface area contributed by atoms with E-state index in [0.717, 1.165) is 51.2 Å². The minimum Gasteiger partial charge on any atom is -0.311 e. The zero-order valence-electron chi connectivity index (χ0n) is 35.2. The minimum atomic E-state index is 1.09. The Hall–Kier alpha value is -7.44. The molecule has 10 aromatic rings. The average molecular weight is 848 g/mol. The molecular formula is C58H45N3S2. The van der Waals surface area contributed by atoms with Crippen molar-refractivity contribution >= 4 is 73.9 Å². The Labute approximate surface area is 378 Å². The van der Waals surface area contributed by atoms with Crippen molar-refractivity contribution in [1.29, 1.82) is 0 Å². The predicted octanol–water partition coefficient (Wildman–Crippen LogP) is 17.8. The molecule has 3 nitrogen and oxygen atoms in total. The Morgan fingerprint density at radius 1 is 0.238 bits per heavy atom. The average Bonchev–Trinajstić information content (AvgIpc) is 4.02. The Kier molecular flexibility index (Phi) is 11.3. The lowest BCUT2D eigenvalue weighted by molar-refractivity contribution is 1.26. The molecule has 0 saturated carbocycles. The van der Waals surface area contributed by atoms with Crippen molar-refractivity contribution < 1.29 is 0 Å². The quantitative estimate of drug-likeness (QED) is 0.121. The van der Waals surface area contributed by atoms with E-state index >= 15 is 0 Å². The number of hydrogen-bond donors (Lipinski definition) is 0. The van der Waals surface area contributed by atoms with E-state index in [1.165, 1.54) is 41.8 Å². The van der Waals surface area contributed by atoms with Gasteiger partial charge < -0.3 is 14.7 Å². The highest BCUT2D eigenvalue weighted by atomic mass is 32.1. The molecule has 8 aromatic carbocycles. The van der Waals surface area contributed by atoms with Gasteiger partial charge in [-0.3, -0.25) is 0 Å². The summed E-state index contributed by atoms with van der Waals surface area (Å²) in [6.45, 7) is 4.29. The van der Waals surface area contributed by atoms with Crippen molar-refractivity contribution in [2.24, 2.45) is 0 Å². The van der Waals surface area contributed by atoms with Crippen LogP contribution in [0.3, 0.4) is 0 Å². The first-order chi connectivity index (χ1) is 31.0. The van der Waals surface area contributed by atoms with Crippen LogP contribution in [-0.4, -0.2) is 0 Å². The molecule has 63 heavy (non-hydrogen) atoms. The van der Waals surface area contributed by atoms with E-state index in [2.05, 4.69) is 265 Å². The summed E-state index contributed by atoms with van der Waals surface area (Å²) < 4.78 is 0. The fourth-order valence-electron chi connectivity index (χ4n) is 8.08. The van der Waals surface area contributed by atoms with Crippen LogP contribution < -0.4 is 14.7 Å². The highest BCUT2D eigenvalue weighted by Gasteiger charge is 2.18. The van der Waals surface area contributed by atoms with E-state index < -0.39 is 0 Å². The van der Waals surface area contributed by atoms with E-state index in [1.54, 1.807) is 0 Å². The number of thiophene rings is 2. The number of benzene rings is 8. The van der Waals surface area contributed by atoms with Crippen molar-refractivity contribution in [2.45, 2.75) is 13.8 Å². The third kappa shape index (κ3) is 8.58. The smallest absolute Gasteiger partial charge is 0.0463 e. The number of nitrogens with zero attached hydrogens (tertiary/aromatic N) is 3. The molecule has 0 spiro atoms. The Bertz CT molecular complexity index is 3030. The number of rotatable bonds is 12. The molecule has 2 aromatic heterocycles. The van der Waals surface area contributed by atoms with Gasteiger partial charge in [0.25, 0.3) is 0 Å². The summed E-state index contributed by atoms with van der Waals surface area (Å²) in [6, 6.07) is 85.1. The van der Waals surface area contributed by atoms with Crippen LogP contribution in [0.2, 0.25) is 0 Å². The summed E-state index contributed by atoms with van der Waals surface area (Å²) in [7, 11) is 0. The summed E-state index contributed by atoms with van der Waals surface area (Å²) in [5, 5.41) is 0. The first kappa shape index (κ1) is 39.7. The predicted molar refractivity (Wildman–Crippen MR) is 272 cm³/mol. The second-order valence-electron chi connectivity index (χ2n) is 15.6. The molecule has 0 aliphatic carbocycles. The van der Waals surface area contributed by atoms with Crippen LogP contribution in [-0.2, 0) is 0 Å². The van der Waals surface area contributed by atoms with Gasteiger partial charge in [0.1, 0.15) is 0 Å². The fourth-order valence-corrected chi connectivity index (χ4v) is 9.97. The molecule has 0 atom stereocenters. The van der Waals surface area contributed by atoms with Gasteiger partial charge >= 0.3 is 0 Å². The highest BCUT2D eigenvalue weighted by molar-refractivity contribution is 7.18. The summed E-state index contributed by atoms with van der Waals surface area (Å²) in [5.74, 6) is 0. The lowest BCUT2D eigenvalue weighted by Gasteiger charge is -2.28. The molecule has 10 rings (SSSR count). The first-order valence-electron chi connectivity index (χ1n) is 21.2. The van der Waals surface area contributed by atoms with Crippen LogP contribution in [0.15, 0.2) is 237 Å². The van der Waals surface area contributed by atoms with Crippen molar-refractivity contribution in [2.75, 3.05) is 14.7 Å². The van der Waals surface area contributed by atoms with E-state index in [0.29, 0.717) is 0 Å². The van der Waals surface area contributed by atoms with Gasteiger partial charge in [-0.2, -0.15) is 0 Å². The van der Waals surface area contributed by atoms with Crippen molar-refractivity contribution in [3.8, 4) is 31.3 Å². The maximum atomic E-state index is 2.33. The lowest BCUT2D eigenvalue weighted by atomic mass is 10.1. The van der Waals surface area contributed by atoms with Crippen LogP contribution in [0.25, 0.3) is 31.3 Å². The van der Waals surface area contributed by atoms with Gasteiger partial charge in [0.15, 0.2) is 0 Å². The molecule has 0 fully saturated rings. The third-order valence-corrected chi connectivity index (χ3v) is 13.5. The maximum Gasteiger partial charge on any atom is 0.0463 e. The van der Waals surface area contributed by atoms with Gasteiger partial charge in [-0.15, -0.1) is 22.7 Å². The summed E-state index contributed by atoms with van der Waals surface area (Å²) in [5.41, 5.74) is 14.9. The van der Waals surface area contributed by atoms with Gasteiger partial charge in [0.2, 0.25) is 0 Å². The maximum absolute atomic E-state index is 2.33. The van der Waals surface area contributed by atoms with Crippen LogP contribution in [0.5, 0.6) is 0 Å². The van der Waals surface area contributed by atoms with E-state index in [-0.39, 0.29) is 0 Å². The molecule has 0 radical (unpaired) electrons. The fraction of sp³-hybridized carbons (Fsp3) is 0.0345. The Morgan fingerprint density at radius 3 is 0.794 bits per heavy atom. The van der Waals surface area contributed by atoms with Crippen LogP contribution in [0.1, 0.15) is 10.4 Å². The number of aryl methyl sites for hydroxylation is 2. The summed E-state index contributed by atoms with van der Waals surface area (Å²) >= 11 is 3.65. The van der Waals surface area contributed by atoms with Gasteiger partial charge in [-0.05, 0) is 164 Å². The Balaban J connectivity index is 0.910. The highest BCUT2D eigenvalue weighted by Crippen LogP contribution is 2.42. The second-order valence-corrected chi connectivity index (χ2v) is 18.0. The molecule has 0 bridgehead atoms. The molecule has 0 N–H and O–H groups in total. The van der Waals surface area contributed by atoms with Gasteiger partial charge in [-0.1, -0.05) is 109 Å². The van der Waals surface area contributed by atoms with E-state index in [9.17, 15) is 0 Å². The van der Waals surface area contributed by atoms with E-state index in [1.807, 2.05) is 22.7 Å². The largest absolute Gasteiger partial charge is 0.311 e. The van der Waals surface area contributed by atoms with Gasteiger partial charge in [-0.25, -0.2) is 0 Å². The molecule has 0 unspecified atom stereocenters. The lowest BCUT2D eigenvalue weighted by Crippen LogP contribution is -2.12. The van der Waals surface area contributed by atoms with Crippen molar-refractivity contribution in [3.05, 3.63) is 247 Å². The molecular weight excluding hydrogens is 803 g/mol. The molecule has 2 heterocycles. The Morgan fingerprint density at radius 2 is 0.492 bits per heavy atom. The van der Waals surface area contributed by atoms with Crippen molar-refractivity contribution in [3.63, 3.8) is 0 Å². The molecule has 304 valence electrons. The van der Waals surface area contributed by atoms with Gasteiger partial charge in [0.05, 0.1) is 0 Å². The number of anilines is 9. The van der Waals surface area contributed by atoms with Gasteiger partial charge in [0, 0.05) is 70.7 Å². The third-order valence-electron chi connectivity index (χ3n) is 11.3. The number of para-hydroxylation sites is 3. The zero-order chi connectivity index (χ0) is 42.5. The minimum absolute atomic E-state index is 1.09. The molecule has 0 aliphatic rings. The van der Waals surface area contributed by atoms with Crippen molar-refractivity contribution in [1.82, 2.24) is 0 Å². The summed E-state index contributed by atoms with van der Waals surface area (Å²) in [4.78, 5) is 12.0. The summed E-state index contributed by atoms with van der Waals surface area (Å²) in [6.07, 6.45) is 0. The standard InChI is InChI=1S/C58H45N3S2/c1-42-18-27-50(28-19-42)59(47-12-6-3-7-13-47)51-31-23-45(24-32-51)57-40-41-58(63-57)46-25-33-53(34-26-46)61(49-16-10-5-11-17-49)55-37-35-54(36-38-55)60(48-14-8-4-9-15-48)52-29-21-44(22-30-52)56-39-20-43(2)62-56/h3-41H,1-2H3. The topological polar surface area (TPSA) is 9.72 Å². The molecule has 0 amide bonds. The second kappa shape index (κ2) is 17.9. The number of hydrogen-bond acceptors (Lipinski definition) is 5. The zero-order valence-corrected chi connectivity index (χ0v) is 36.8.